The van der Waals surface area contributed by atoms with E-state index in [-0.39, 0.29) is 5.21 Å². The first-order valence-electron chi connectivity index (χ1n) is 12.2. The van der Waals surface area contributed by atoms with Crippen LogP contribution in [-0.2, 0) is 5.21 Å². The summed E-state index contributed by atoms with van der Waals surface area (Å²) in [5.41, 5.74) is 6.77. The average Bonchev–Trinajstić information content (AvgIpc) is 3.02. The molecule has 3 heteroatoms. The zero-order chi connectivity index (χ0) is 23.1. The molecule has 32 heavy (non-hydrogen) atoms. The maximum atomic E-state index is 4.59. The molecule has 0 saturated heterocycles. The first-order valence-corrected chi connectivity index (χ1v) is 12.2. The smallest absolute Gasteiger partial charge is 0.105 e. The lowest BCUT2D eigenvalue weighted by molar-refractivity contribution is 0.0299. The van der Waals surface area contributed by atoms with Crippen molar-refractivity contribution in [2.45, 2.75) is 52.7 Å². The molecule has 1 heterocycles. The molecular weight excluding hydrogens is 384 g/mol. The van der Waals surface area contributed by atoms with Gasteiger partial charge in [-0.25, -0.2) is 0 Å². The fourth-order valence-electron chi connectivity index (χ4n) is 6.05. The molecule has 0 spiro atoms. The molecule has 0 N–H and O–H groups in total. The van der Waals surface area contributed by atoms with Crippen molar-refractivity contribution in [2.75, 3.05) is 0 Å². The highest BCUT2D eigenvalue weighted by Gasteiger charge is 2.55. The molecule has 0 radical (unpaired) electrons. The number of hydrogen-bond acceptors (Lipinski definition) is 1. The van der Waals surface area contributed by atoms with Gasteiger partial charge in [0.2, 0.25) is 0 Å². The fourth-order valence-corrected chi connectivity index (χ4v) is 6.05. The summed E-state index contributed by atoms with van der Waals surface area (Å²) < 4.78 is 0. The molecule has 1 aliphatic carbocycles. The van der Waals surface area contributed by atoms with Crippen LogP contribution >= 0.6 is 0 Å². The van der Waals surface area contributed by atoms with Gasteiger partial charge in [0.05, 0.1) is 5.69 Å². The van der Waals surface area contributed by atoms with Gasteiger partial charge in [-0.15, -0.1) is 0 Å². The van der Waals surface area contributed by atoms with Gasteiger partial charge in [-0.05, 0) is 58.8 Å². The summed E-state index contributed by atoms with van der Waals surface area (Å²) in [7, 11) is 4.88. The van der Waals surface area contributed by atoms with Gasteiger partial charge in [0.25, 0.3) is 0 Å². The van der Waals surface area contributed by atoms with Crippen LogP contribution in [0.15, 0.2) is 72.9 Å². The van der Waals surface area contributed by atoms with Crippen molar-refractivity contribution in [2.24, 2.45) is 22.7 Å². The Morgan fingerprint density at radius 1 is 0.906 bits per heavy atom. The van der Waals surface area contributed by atoms with Gasteiger partial charge in [0, 0.05) is 11.8 Å². The molecular formula is C29H37B2N. The van der Waals surface area contributed by atoms with E-state index >= 15 is 0 Å². The minimum absolute atomic E-state index is 0.113. The molecule has 164 valence electrons. The number of nitrogens with zero attached hydrogens (tertiary/aromatic N) is 1. The summed E-state index contributed by atoms with van der Waals surface area (Å²) in [6.45, 7) is 12.5. The van der Waals surface area contributed by atoms with Crippen LogP contribution in [0, 0.1) is 22.7 Å². The summed E-state index contributed by atoms with van der Waals surface area (Å²) in [5.74, 6) is 1.37. The molecule has 3 atom stereocenters. The minimum Gasteiger partial charge on any atom is -0.256 e. The first-order chi connectivity index (χ1) is 15.1. The van der Waals surface area contributed by atoms with Crippen LogP contribution < -0.4 is 0 Å². The molecule has 1 nitrogen and oxygen atoms in total. The van der Waals surface area contributed by atoms with Crippen molar-refractivity contribution in [3.8, 4) is 22.4 Å². The van der Waals surface area contributed by atoms with E-state index in [1.54, 1.807) is 0 Å². The lowest BCUT2D eigenvalue weighted by atomic mass is 9.39. The Morgan fingerprint density at radius 3 is 2.16 bits per heavy atom. The zero-order valence-electron chi connectivity index (χ0n) is 20.9. The monoisotopic (exact) mass is 421 g/mol. The van der Waals surface area contributed by atoms with E-state index in [9.17, 15) is 0 Å². The number of benzene rings is 2. The highest BCUT2D eigenvalue weighted by Crippen LogP contribution is 2.61. The molecule has 3 aromatic rings. The summed E-state index contributed by atoms with van der Waals surface area (Å²) in [4.78, 5) is 4.59. The lowest BCUT2D eigenvalue weighted by Crippen LogP contribution is -2.49. The van der Waals surface area contributed by atoms with E-state index < -0.39 is 0 Å². The van der Waals surface area contributed by atoms with Gasteiger partial charge in [-0.2, -0.15) is 0 Å². The standard InChI is InChI=1S/C29H37B2N/c1-20-15-17-28(5,27(20,3)4)21(2)29(30,31)25-13-11-22(12-14-25)24-16-18-32-26(19-24)23-9-7-6-8-10-23/h6-14,16,18-21H,15,17,30-31H2,1-5H3. The van der Waals surface area contributed by atoms with Crippen molar-refractivity contribution in [3.63, 3.8) is 0 Å². The van der Waals surface area contributed by atoms with E-state index in [1.165, 1.54) is 29.5 Å². The van der Waals surface area contributed by atoms with E-state index in [0.717, 1.165) is 17.2 Å². The maximum absolute atomic E-state index is 4.59. The van der Waals surface area contributed by atoms with Crippen LogP contribution in [0.4, 0.5) is 0 Å². The zero-order valence-corrected chi connectivity index (χ0v) is 20.9. The quantitative estimate of drug-likeness (QED) is 0.465. The summed E-state index contributed by atoms with van der Waals surface area (Å²) in [6, 6.07) is 24.0. The molecule has 2 aromatic carbocycles. The van der Waals surface area contributed by atoms with Crippen LogP contribution in [0.1, 0.15) is 53.0 Å². The number of aromatic nitrogens is 1. The minimum atomic E-state index is 0.113. The Hall–Kier alpha value is -2.28. The first kappa shape index (κ1) is 22.9. The van der Waals surface area contributed by atoms with E-state index in [0.29, 0.717) is 16.7 Å². The van der Waals surface area contributed by atoms with Crippen molar-refractivity contribution in [1.82, 2.24) is 4.98 Å². The number of pyridine rings is 1. The van der Waals surface area contributed by atoms with Gasteiger partial charge >= 0.3 is 0 Å². The molecule has 4 rings (SSSR count). The Balaban J connectivity index is 1.61. The summed E-state index contributed by atoms with van der Waals surface area (Å²) in [6.07, 6.45) is 4.58. The van der Waals surface area contributed by atoms with Crippen LogP contribution in [0.3, 0.4) is 0 Å². The predicted molar refractivity (Wildman–Crippen MR) is 143 cm³/mol. The highest BCUT2D eigenvalue weighted by molar-refractivity contribution is 6.40. The number of hydrogen-bond donors (Lipinski definition) is 0. The lowest BCUT2D eigenvalue weighted by Gasteiger charge is -2.51. The average molecular weight is 421 g/mol. The van der Waals surface area contributed by atoms with Gasteiger partial charge in [-0.3, -0.25) is 4.98 Å². The Bertz CT molecular complexity index is 1070. The van der Waals surface area contributed by atoms with E-state index in [1.807, 2.05) is 12.3 Å². The van der Waals surface area contributed by atoms with Crippen molar-refractivity contribution in [3.05, 3.63) is 78.5 Å². The number of rotatable bonds is 5. The second-order valence-electron chi connectivity index (χ2n) is 11.4. The SMILES string of the molecule is BC(B)(c1ccc(-c2ccnc(-c3ccccc3)c2)cc1)C(C)C1(C)CCC(C)C1(C)C. The Kier molecular flexibility index (Phi) is 5.90. The van der Waals surface area contributed by atoms with Crippen LogP contribution in [-0.4, -0.2) is 20.7 Å². The van der Waals surface area contributed by atoms with Crippen molar-refractivity contribution < 1.29 is 0 Å². The second-order valence-corrected chi connectivity index (χ2v) is 11.4. The molecule has 0 aliphatic heterocycles. The summed E-state index contributed by atoms with van der Waals surface area (Å²) >= 11 is 0. The van der Waals surface area contributed by atoms with Gasteiger partial charge in [0.15, 0.2) is 0 Å². The van der Waals surface area contributed by atoms with Gasteiger partial charge in [-0.1, -0.05) is 100.0 Å². The van der Waals surface area contributed by atoms with Gasteiger partial charge in [0.1, 0.15) is 15.7 Å². The molecule has 1 fully saturated rings. The molecule has 3 unspecified atom stereocenters. The predicted octanol–water partition coefficient (Wildman–Crippen LogP) is 5.93. The third kappa shape index (κ3) is 3.74. The maximum Gasteiger partial charge on any atom is 0.105 e. The molecule has 0 amide bonds. The van der Waals surface area contributed by atoms with Crippen LogP contribution in [0.2, 0.25) is 0 Å². The van der Waals surface area contributed by atoms with Gasteiger partial charge < -0.3 is 0 Å². The normalized spacial score (nSPS) is 23.7. The van der Waals surface area contributed by atoms with E-state index in [2.05, 4.69) is 116 Å². The third-order valence-electron chi connectivity index (χ3n) is 9.63. The van der Waals surface area contributed by atoms with Crippen molar-refractivity contribution in [1.29, 1.82) is 0 Å². The molecule has 1 aromatic heterocycles. The topological polar surface area (TPSA) is 12.9 Å². The highest BCUT2D eigenvalue weighted by atomic mass is 14.7. The molecule has 1 saturated carbocycles. The third-order valence-corrected chi connectivity index (χ3v) is 9.63. The molecule has 1 aliphatic rings. The Morgan fingerprint density at radius 2 is 1.56 bits per heavy atom. The largest absolute Gasteiger partial charge is 0.256 e. The van der Waals surface area contributed by atoms with Crippen LogP contribution in [0.25, 0.3) is 22.4 Å². The fraction of sp³-hybridized carbons (Fsp3) is 0.414. The van der Waals surface area contributed by atoms with Crippen LogP contribution in [0.5, 0.6) is 0 Å². The van der Waals surface area contributed by atoms with E-state index in [4.69, 9.17) is 0 Å². The molecule has 0 bridgehead atoms. The second kappa shape index (κ2) is 8.25. The van der Waals surface area contributed by atoms with Crippen molar-refractivity contribution >= 4 is 15.7 Å². The Labute approximate surface area is 196 Å². The summed E-state index contributed by atoms with van der Waals surface area (Å²) in [5, 5.41) is 0.113.